The standard InChI is InChI=1S/C11H22N2O/c1-3-9(4-2)8-13-11(14)5-10-6-12-7-10/h9-10,12H,3-8H2,1-2H3,(H,13,14). The zero-order chi connectivity index (χ0) is 10.4. The highest BCUT2D eigenvalue weighted by molar-refractivity contribution is 5.76. The van der Waals surface area contributed by atoms with Crippen LogP contribution in [0.4, 0.5) is 0 Å². The smallest absolute Gasteiger partial charge is 0.220 e. The summed E-state index contributed by atoms with van der Waals surface area (Å²) >= 11 is 0. The maximum atomic E-state index is 11.4. The van der Waals surface area contributed by atoms with E-state index in [-0.39, 0.29) is 5.91 Å². The molecule has 0 spiro atoms. The lowest BCUT2D eigenvalue weighted by molar-refractivity contribution is -0.122. The Labute approximate surface area is 86.6 Å². The van der Waals surface area contributed by atoms with Gasteiger partial charge in [-0.1, -0.05) is 26.7 Å². The highest BCUT2D eigenvalue weighted by Crippen LogP contribution is 2.09. The van der Waals surface area contributed by atoms with E-state index >= 15 is 0 Å². The largest absolute Gasteiger partial charge is 0.356 e. The van der Waals surface area contributed by atoms with Crippen LogP contribution < -0.4 is 10.6 Å². The van der Waals surface area contributed by atoms with Gasteiger partial charge in [-0.05, 0) is 24.9 Å². The molecule has 0 aromatic heterocycles. The van der Waals surface area contributed by atoms with Crippen molar-refractivity contribution in [1.29, 1.82) is 0 Å². The van der Waals surface area contributed by atoms with Gasteiger partial charge in [-0.3, -0.25) is 4.79 Å². The van der Waals surface area contributed by atoms with Gasteiger partial charge in [0.15, 0.2) is 0 Å². The first-order valence-electron chi connectivity index (χ1n) is 5.73. The van der Waals surface area contributed by atoms with E-state index in [9.17, 15) is 4.79 Å². The van der Waals surface area contributed by atoms with Crippen LogP contribution in [-0.2, 0) is 4.79 Å². The highest BCUT2D eigenvalue weighted by atomic mass is 16.1. The van der Waals surface area contributed by atoms with E-state index in [0.717, 1.165) is 32.5 Å². The zero-order valence-corrected chi connectivity index (χ0v) is 9.31. The van der Waals surface area contributed by atoms with Crippen molar-refractivity contribution in [1.82, 2.24) is 10.6 Å². The Bertz CT molecular complexity index is 174. The molecule has 1 aliphatic heterocycles. The first-order chi connectivity index (χ1) is 6.76. The Morgan fingerprint density at radius 1 is 1.43 bits per heavy atom. The molecule has 1 aliphatic rings. The quantitative estimate of drug-likeness (QED) is 0.672. The number of hydrogen-bond donors (Lipinski definition) is 2. The first-order valence-corrected chi connectivity index (χ1v) is 5.73. The third-order valence-corrected chi connectivity index (χ3v) is 3.08. The van der Waals surface area contributed by atoms with Crippen molar-refractivity contribution in [3.63, 3.8) is 0 Å². The second kappa shape index (κ2) is 6.02. The molecule has 1 heterocycles. The Morgan fingerprint density at radius 3 is 2.50 bits per heavy atom. The van der Waals surface area contributed by atoms with Gasteiger partial charge in [0, 0.05) is 13.0 Å². The maximum Gasteiger partial charge on any atom is 0.220 e. The molecular formula is C11H22N2O. The molecule has 1 fully saturated rings. The summed E-state index contributed by atoms with van der Waals surface area (Å²) in [5.74, 6) is 1.46. The molecule has 82 valence electrons. The minimum atomic E-state index is 0.225. The number of hydrogen-bond acceptors (Lipinski definition) is 2. The van der Waals surface area contributed by atoms with Crippen molar-refractivity contribution < 1.29 is 4.79 Å². The predicted molar refractivity (Wildman–Crippen MR) is 58.1 cm³/mol. The maximum absolute atomic E-state index is 11.4. The van der Waals surface area contributed by atoms with Gasteiger partial charge in [0.05, 0.1) is 0 Å². The molecule has 0 aromatic carbocycles. The van der Waals surface area contributed by atoms with E-state index in [4.69, 9.17) is 0 Å². The number of rotatable bonds is 6. The van der Waals surface area contributed by atoms with Crippen LogP contribution in [0.3, 0.4) is 0 Å². The fraction of sp³-hybridized carbons (Fsp3) is 0.909. The molecule has 1 rings (SSSR count). The van der Waals surface area contributed by atoms with Crippen molar-refractivity contribution in [2.45, 2.75) is 33.1 Å². The number of nitrogens with one attached hydrogen (secondary N) is 2. The van der Waals surface area contributed by atoms with Crippen LogP contribution in [0.25, 0.3) is 0 Å². The van der Waals surface area contributed by atoms with Gasteiger partial charge in [-0.25, -0.2) is 0 Å². The second-order valence-corrected chi connectivity index (χ2v) is 4.21. The van der Waals surface area contributed by atoms with Crippen LogP contribution in [0.1, 0.15) is 33.1 Å². The van der Waals surface area contributed by atoms with Crippen LogP contribution in [0.2, 0.25) is 0 Å². The van der Waals surface area contributed by atoms with Crippen molar-refractivity contribution in [3.8, 4) is 0 Å². The second-order valence-electron chi connectivity index (χ2n) is 4.21. The topological polar surface area (TPSA) is 41.1 Å². The SMILES string of the molecule is CCC(CC)CNC(=O)CC1CNC1. The minimum absolute atomic E-state index is 0.225. The van der Waals surface area contributed by atoms with E-state index in [0.29, 0.717) is 18.3 Å². The summed E-state index contributed by atoms with van der Waals surface area (Å²) in [4.78, 5) is 11.4. The molecule has 0 radical (unpaired) electrons. The van der Waals surface area contributed by atoms with Gasteiger partial charge in [0.2, 0.25) is 5.91 Å². The lowest BCUT2D eigenvalue weighted by Crippen LogP contribution is -2.44. The fourth-order valence-corrected chi connectivity index (χ4v) is 1.66. The lowest BCUT2D eigenvalue weighted by atomic mass is 9.98. The summed E-state index contributed by atoms with van der Waals surface area (Å²) in [5, 5.41) is 6.19. The molecular weight excluding hydrogens is 176 g/mol. The first kappa shape index (κ1) is 11.5. The molecule has 3 nitrogen and oxygen atoms in total. The molecule has 0 aliphatic carbocycles. The van der Waals surface area contributed by atoms with E-state index in [2.05, 4.69) is 24.5 Å². The summed E-state index contributed by atoms with van der Waals surface area (Å²) in [5.41, 5.74) is 0. The molecule has 3 heteroatoms. The average molecular weight is 198 g/mol. The molecule has 1 saturated heterocycles. The summed E-state index contributed by atoms with van der Waals surface area (Å²) in [7, 11) is 0. The summed E-state index contributed by atoms with van der Waals surface area (Å²) in [6.45, 7) is 7.23. The molecule has 0 unspecified atom stereocenters. The summed E-state index contributed by atoms with van der Waals surface area (Å²) in [6, 6.07) is 0. The molecule has 0 atom stereocenters. The normalized spacial score (nSPS) is 16.8. The molecule has 0 aromatic rings. The minimum Gasteiger partial charge on any atom is -0.356 e. The number of carbonyl (C=O) groups excluding carboxylic acids is 1. The van der Waals surface area contributed by atoms with Crippen molar-refractivity contribution in [2.75, 3.05) is 19.6 Å². The van der Waals surface area contributed by atoms with Crippen LogP contribution in [0.15, 0.2) is 0 Å². The van der Waals surface area contributed by atoms with Crippen LogP contribution in [0.5, 0.6) is 0 Å². The highest BCUT2D eigenvalue weighted by Gasteiger charge is 2.19. The number of amides is 1. The van der Waals surface area contributed by atoms with E-state index < -0.39 is 0 Å². The van der Waals surface area contributed by atoms with Crippen LogP contribution >= 0.6 is 0 Å². The Morgan fingerprint density at radius 2 is 2.07 bits per heavy atom. The van der Waals surface area contributed by atoms with Gasteiger partial charge in [0.1, 0.15) is 0 Å². The fourth-order valence-electron chi connectivity index (χ4n) is 1.66. The summed E-state index contributed by atoms with van der Waals surface area (Å²) < 4.78 is 0. The predicted octanol–water partition coefficient (Wildman–Crippen LogP) is 1.15. The van der Waals surface area contributed by atoms with Gasteiger partial charge in [-0.15, -0.1) is 0 Å². The molecule has 0 saturated carbocycles. The van der Waals surface area contributed by atoms with Crippen LogP contribution in [-0.4, -0.2) is 25.5 Å². The van der Waals surface area contributed by atoms with Crippen molar-refractivity contribution in [3.05, 3.63) is 0 Å². The molecule has 1 amide bonds. The van der Waals surface area contributed by atoms with Crippen molar-refractivity contribution in [2.24, 2.45) is 11.8 Å². The monoisotopic (exact) mass is 198 g/mol. The van der Waals surface area contributed by atoms with Gasteiger partial charge < -0.3 is 10.6 Å². The van der Waals surface area contributed by atoms with Crippen LogP contribution in [0, 0.1) is 11.8 Å². The van der Waals surface area contributed by atoms with Gasteiger partial charge in [0.25, 0.3) is 0 Å². The van der Waals surface area contributed by atoms with Crippen molar-refractivity contribution >= 4 is 5.91 Å². The number of carbonyl (C=O) groups is 1. The summed E-state index contributed by atoms with van der Waals surface area (Å²) in [6.07, 6.45) is 3.01. The third kappa shape index (κ3) is 3.66. The van der Waals surface area contributed by atoms with Gasteiger partial charge in [-0.2, -0.15) is 0 Å². The molecule has 0 bridgehead atoms. The van der Waals surface area contributed by atoms with E-state index in [1.54, 1.807) is 0 Å². The Hall–Kier alpha value is -0.570. The Kier molecular flexibility index (Phi) is 4.94. The zero-order valence-electron chi connectivity index (χ0n) is 9.31. The van der Waals surface area contributed by atoms with E-state index in [1.807, 2.05) is 0 Å². The average Bonchev–Trinajstić information content (AvgIpc) is 2.13. The lowest BCUT2D eigenvalue weighted by Gasteiger charge is -2.26. The van der Waals surface area contributed by atoms with Gasteiger partial charge >= 0.3 is 0 Å². The van der Waals surface area contributed by atoms with E-state index in [1.165, 1.54) is 0 Å². The molecule has 14 heavy (non-hydrogen) atoms. The molecule has 2 N–H and O–H groups in total. The third-order valence-electron chi connectivity index (χ3n) is 3.08. The Balaban J connectivity index is 2.07.